The minimum absolute atomic E-state index is 0. The molecule has 0 fully saturated rings. The van der Waals surface area contributed by atoms with Gasteiger partial charge in [0.05, 0.1) is 0 Å². The molecule has 4 heavy (non-hydrogen) atoms. The molecule has 0 nitrogen and oxygen atoms in total. The average Bonchev–Trinajstić information content (AvgIpc) is 0. The van der Waals surface area contributed by atoms with Gasteiger partial charge in [-0.05, 0) is 0 Å². The van der Waals surface area contributed by atoms with E-state index in [-0.39, 0.29) is 75.3 Å². The van der Waals surface area contributed by atoms with Crippen LogP contribution in [0.2, 0.25) is 0 Å². The van der Waals surface area contributed by atoms with Crippen LogP contribution in [0, 0.1) is 0 Å². The van der Waals surface area contributed by atoms with E-state index >= 15 is 0 Å². The molecule has 4 heteroatoms. The Kier molecular flexibility index (Phi) is 149. The zero-order valence-corrected chi connectivity index (χ0v) is 8.79. The molecule has 0 heterocycles. The Balaban J connectivity index is 0. The topological polar surface area (TPSA) is 0 Å². The fourth-order valence-electron chi connectivity index (χ4n) is 0. The quantitative estimate of drug-likeness (QED) is 0.508. The van der Waals surface area contributed by atoms with Crippen LogP contribution in [0.3, 0.4) is 0 Å². The molecular weight excluding hydrogens is 224 g/mol. The molecule has 21 valence electrons. The first-order valence-electron chi connectivity index (χ1n) is 0. The maximum Gasteiger partial charge on any atom is 0 e. The van der Waals surface area contributed by atoms with Gasteiger partial charge in [-0.2, -0.15) is 0 Å². The van der Waals surface area contributed by atoms with Crippen molar-refractivity contribution >= 4 is 0 Å². The van der Waals surface area contributed by atoms with Crippen molar-refractivity contribution in [3.8, 4) is 0 Å². The first-order chi connectivity index (χ1) is 0. The maximum absolute atomic E-state index is 0. The molecule has 0 aliphatic rings. The summed E-state index contributed by atoms with van der Waals surface area (Å²) in [7, 11) is 0. The van der Waals surface area contributed by atoms with E-state index in [1.54, 1.807) is 0 Å². The summed E-state index contributed by atoms with van der Waals surface area (Å²) in [5.74, 6) is 0. The predicted molar refractivity (Wildman–Crippen MR) is 0 cm³/mol. The second kappa shape index (κ2) is 18.2. The minimum Gasteiger partial charge on any atom is 0 e. The van der Waals surface area contributed by atoms with E-state index in [2.05, 4.69) is 0 Å². The molecular formula is CoCrTiZn. The van der Waals surface area contributed by atoms with Crippen molar-refractivity contribution < 1.29 is 75.3 Å². The van der Waals surface area contributed by atoms with E-state index < -0.39 is 0 Å². The molecule has 0 rings (SSSR count). The average molecular weight is 224 g/mol. The third kappa shape index (κ3) is 8.83. The molecule has 0 amide bonds. The summed E-state index contributed by atoms with van der Waals surface area (Å²) >= 11 is 0. The third-order valence-electron chi connectivity index (χ3n) is 0. The summed E-state index contributed by atoms with van der Waals surface area (Å²) in [6.07, 6.45) is 0. The minimum atomic E-state index is 0. The Bertz CT molecular complexity index is 8.00. The van der Waals surface area contributed by atoms with Crippen LogP contribution in [0.1, 0.15) is 0 Å². The van der Waals surface area contributed by atoms with Gasteiger partial charge in [0.15, 0.2) is 0 Å². The van der Waals surface area contributed by atoms with Crippen LogP contribution >= 0.6 is 0 Å². The first kappa shape index (κ1) is 32.6. The van der Waals surface area contributed by atoms with Crippen LogP contribution in [0.15, 0.2) is 0 Å². The van der Waals surface area contributed by atoms with E-state index in [1.807, 2.05) is 0 Å². The predicted octanol–water partition coefficient (Wildman–Crippen LogP) is -0.0100. The molecule has 0 atom stereocenters. The van der Waals surface area contributed by atoms with E-state index in [9.17, 15) is 0 Å². The summed E-state index contributed by atoms with van der Waals surface area (Å²) in [6.45, 7) is 0. The molecule has 0 aromatic rings. The van der Waals surface area contributed by atoms with Gasteiger partial charge >= 0.3 is 0 Å². The van der Waals surface area contributed by atoms with Crippen LogP contribution in [-0.4, -0.2) is 0 Å². The number of hydrogen-bond donors (Lipinski definition) is 0. The largest absolute Gasteiger partial charge is 0 e. The van der Waals surface area contributed by atoms with E-state index in [1.165, 1.54) is 0 Å². The Morgan fingerprint density at radius 1 is 1.00 bits per heavy atom. The molecule has 1 radical (unpaired) electrons. The second-order valence-electron chi connectivity index (χ2n) is 0. The van der Waals surface area contributed by atoms with Gasteiger partial charge in [-0.1, -0.05) is 0 Å². The Morgan fingerprint density at radius 3 is 1.00 bits per heavy atom. The van der Waals surface area contributed by atoms with Crippen molar-refractivity contribution in [2.75, 3.05) is 0 Å². The van der Waals surface area contributed by atoms with Crippen LogP contribution in [0.5, 0.6) is 0 Å². The zero-order chi connectivity index (χ0) is 0. The summed E-state index contributed by atoms with van der Waals surface area (Å²) in [6, 6.07) is 0. The molecule has 0 aromatic carbocycles. The van der Waals surface area contributed by atoms with E-state index in [4.69, 9.17) is 0 Å². The monoisotopic (exact) mass is 223 g/mol. The molecule has 0 spiro atoms. The van der Waals surface area contributed by atoms with Gasteiger partial charge in [0.25, 0.3) is 0 Å². The number of hydrogen-bond acceptors (Lipinski definition) is 0. The van der Waals surface area contributed by atoms with Crippen molar-refractivity contribution in [2.24, 2.45) is 0 Å². The maximum atomic E-state index is 0. The van der Waals surface area contributed by atoms with Gasteiger partial charge in [0, 0.05) is 75.3 Å². The molecule has 0 bridgehead atoms. The van der Waals surface area contributed by atoms with Crippen LogP contribution in [0.4, 0.5) is 0 Å². The van der Waals surface area contributed by atoms with Gasteiger partial charge in [-0.15, -0.1) is 0 Å². The third-order valence-corrected chi connectivity index (χ3v) is 0. The van der Waals surface area contributed by atoms with Crippen LogP contribution in [-0.2, 0) is 75.3 Å². The molecule has 0 unspecified atom stereocenters. The Hall–Kier alpha value is 2.38. The smallest absolute Gasteiger partial charge is 0 e. The standard InChI is InChI=1S/Co.Cr.Ti.Zn. The van der Waals surface area contributed by atoms with Gasteiger partial charge in [-0.25, -0.2) is 0 Å². The fraction of sp³-hybridized carbons (Fsp3) is 0. The van der Waals surface area contributed by atoms with Crippen molar-refractivity contribution in [1.29, 1.82) is 0 Å². The normalized spacial score (nSPS) is 0. The SMILES string of the molecule is [Co].[Cr].[Ti].[Zn]. The number of rotatable bonds is 0. The molecule has 0 saturated carbocycles. The molecule has 0 N–H and O–H groups in total. The van der Waals surface area contributed by atoms with E-state index in [0.717, 1.165) is 0 Å². The van der Waals surface area contributed by atoms with Crippen LogP contribution < -0.4 is 0 Å². The van der Waals surface area contributed by atoms with Gasteiger partial charge < -0.3 is 0 Å². The van der Waals surface area contributed by atoms with Gasteiger partial charge in [0.2, 0.25) is 0 Å². The fourth-order valence-corrected chi connectivity index (χ4v) is 0. The molecule has 0 aliphatic carbocycles. The zero-order valence-electron chi connectivity index (χ0n) is 1.95. The van der Waals surface area contributed by atoms with Crippen molar-refractivity contribution in [3.63, 3.8) is 0 Å². The van der Waals surface area contributed by atoms with Crippen molar-refractivity contribution in [3.05, 3.63) is 0 Å². The van der Waals surface area contributed by atoms with Crippen molar-refractivity contribution in [1.82, 2.24) is 0 Å². The molecule has 0 saturated heterocycles. The molecule has 0 aromatic heterocycles. The molecule has 0 aliphatic heterocycles. The summed E-state index contributed by atoms with van der Waals surface area (Å²) < 4.78 is 0. The van der Waals surface area contributed by atoms with E-state index in [0.29, 0.717) is 0 Å². The second-order valence-corrected chi connectivity index (χ2v) is 0. The summed E-state index contributed by atoms with van der Waals surface area (Å²) in [5, 5.41) is 0. The van der Waals surface area contributed by atoms with Gasteiger partial charge in [0.1, 0.15) is 0 Å². The van der Waals surface area contributed by atoms with Crippen LogP contribution in [0.25, 0.3) is 0 Å². The summed E-state index contributed by atoms with van der Waals surface area (Å²) in [4.78, 5) is 0. The first-order valence-corrected chi connectivity index (χ1v) is 0. The van der Waals surface area contributed by atoms with Crippen molar-refractivity contribution in [2.45, 2.75) is 0 Å². The Morgan fingerprint density at radius 2 is 1.00 bits per heavy atom. The Labute approximate surface area is 74.5 Å². The summed E-state index contributed by atoms with van der Waals surface area (Å²) in [5.41, 5.74) is 0. The van der Waals surface area contributed by atoms with Gasteiger partial charge in [-0.3, -0.25) is 0 Å².